The van der Waals surface area contributed by atoms with Gasteiger partial charge in [0.05, 0.1) is 36.7 Å². The van der Waals surface area contributed by atoms with Gasteiger partial charge in [0.25, 0.3) is 5.91 Å². The van der Waals surface area contributed by atoms with Gasteiger partial charge in [-0.05, 0) is 31.0 Å². The molecule has 24 heavy (non-hydrogen) atoms. The van der Waals surface area contributed by atoms with E-state index in [2.05, 4.69) is 15.2 Å². The van der Waals surface area contributed by atoms with E-state index in [4.69, 9.17) is 9.47 Å². The lowest BCUT2D eigenvalue weighted by Gasteiger charge is -2.32. The third-order valence-corrected chi connectivity index (χ3v) is 4.49. The summed E-state index contributed by atoms with van der Waals surface area (Å²) >= 11 is 0. The number of fused-ring (bicyclic) bond motifs is 1. The Morgan fingerprint density at radius 3 is 3.00 bits per heavy atom. The summed E-state index contributed by atoms with van der Waals surface area (Å²) in [5, 5.41) is 7.53. The highest BCUT2D eigenvalue weighted by Crippen LogP contribution is 2.32. The molecule has 2 fully saturated rings. The first-order valence-corrected chi connectivity index (χ1v) is 8.09. The van der Waals surface area contributed by atoms with Crippen molar-refractivity contribution in [3.63, 3.8) is 0 Å². The quantitative estimate of drug-likeness (QED) is 0.847. The van der Waals surface area contributed by atoms with Crippen LogP contribution < -0.4 is 4.74 Å². The maximum Gasteiger partial charge on any atom is 0.256 e. The summed E-state index contributed by atoms with van der Waals surface area (Å²) in [5.74, 6) is 0.637. The summed E-state index contributed by atoms with van der Waals surface area (Å²) in [6.07, 6.45) is 7.96. The van der Waals surface area contributed by atoms with Gasteiger partial charge in [-0.2, -0.15) is 10.2 Å². The molecule has 3 atom stereocenters. The second-order valence-corrected chi connectivity index (χ2v) is 5.98. The first kappa shape index (κ1) is 15.0. The molecular weight excluding hydrogens is 308 g/mol. The zero-order valence-corrected chi connectivity index (χ0v) is 13.1. The maximum atomic E-state index is 12.8. The van der Waals surface area contributed by atoms with Crippen LogP contribution in [0.3, 0.4) is 0 Å². The second-order valence-electron chi connectivity index (χ2n) is 5.98. The number of amides is 1. The lowest BCUT2D eigenvalue weighted by Crippen LogP contribution is -2.44. The Balaban J connectivity index is 1.56. The van der Waals surface area contributed by atoms with Crippen LogP contribution in [0, 0.1) is 0 Å². The lowest BCUT2D eigenvalue weighted by molar-refractivity contribution is -0.0447. The second kappa shape index (κ2) is 6.52. The van der Waals surface area contributed by atoms with Gasteiger partial charge < -0.3 is 14.4 Å². The SMILES string of the molecule is O=C(c1ccnnc1)N1C[C@H](Oc2cccnc2)[C@H]2OCCC[C@H]21. The van der Waals surface area contributed by atoms with Crippen molar-refractivity contribution in [2.45, 2.75) is 31.1 Å². The van der Waals surface area contributed by atoms with Gasteiger partial charge in [0.15, 0.2) is 0 Å². The molecule has 1 amide bonds. The predicted molar refractivity (Wildman–Crippen MR) is 84.5 cm³/mol. The normalized spacial score (nSPS) is 26.0. The summed E-state index contributed by atoms with van der Waals surface area (Å²) in [4.78, 5) is 18.8. The Labute approximate surface area is 139 Å². The highest BCUT2D eigenvalue weighted by molar-refractivity contribution is 5.94. The Morgan fingerprint density at radius 2 is 2.21 bits per heavy atom. The summed E-state index contributed by atoms with van der Waals surface area (Å²) in [7, 11) is 0. The summed E-state index contributed by atoms with van der Waals surface area (Å²) in [6.45, 7) is 1.19. The topological polar surface area (TPSA) is 77.4 Å². The molecule has 2 aliphatic heterocycles. The minimum Gasteiger partial charge on any atom is -0.484 e. The summed E-state index contributed by atoms with van der Waals surface area (Å²) in [5.41, 5.74) is 0.538. The number of hydrogen-bond donors (Lipinski definition) is 0. The largest absolute Gasteiger partial charge is 0.484 e. The molecule has 0 aromatic carbocycles. The van der Waals surface area contributed by atoms with Crippen molar-refractivity contribution < 1.29 is 14.3 Å². The number of carbonyl (C=O) groups is 1. The lowest BCUT2D eigenvalue weighted by atomic mass is 10.0. The fourth-order valence-corrected chi connectivity index (χ4v) is 3.42. The van der Waals surface area contributed by atoms with Crippen molar-refractivity contribution in [3.05, 3.63) is 48.5 Å². The van der Waals surface area contributed by atoms with Gasteiger partial charge in [0.1, 0.15) is 18.0 Å². The number of rotatable bonds is 3. The molecular formula is C17H18N4O3. The van der Waals surface area contributed by atoms with E-state index in [9.17, 15) is 4.79 Å². The van der Waals surface area contributed by atoms with Crippen LogP contribution in [0.2, 0.25) is 0 Å². The smallest absolute Gasteiger partial charge is 0.256 e. The van der Waals surface area contributed by atoms with Crippen molar-refractivity contribution in [1.82, 2.24) is 20.1 Å². The van der Waals surface area contributed by atoms with Crippen molar-refractivity contribution in [2.75, 3.05) is 13.2 Å². The fraction of sp³-hybridized carbons (Fsp3) is 0.412. The highest BCUT2D eigenvalue weighted by Gasteiger charge is 2.47. The average molecular weight is 326 g/mol. The Bertz CT molecular complexity index is 697. The predicted octanol–water partition coefficient (Wildman–Crippen LogP) is 1.32. The molecule has 2 aliphatic rings. The van der Waals surface area contributed by atoms with Crippen LogP contribution in [-0.2, 0) is 4.74 Å². The number of hydrogen-bond acceptors (Lipinski definition) is 6. The van der Waals surface area contributed by atoms with Gasteiger partial charge in [-0.1, -0.05) is 0 Å². The Kier molecular flexibility index (Phi) is 4.08. The number of aromatic nitrogens is 3. The zero-order valence-electron chi connectivity index (χ0n) is 13.1. The number of likely N-dealkylation sites (tertiary alicyclic amines) is 1. The third kappa shape index (κ3) is 2.82. The minimum atomic E-state index is -0.196. The van der Waals surface area contributed by atoms with E-state index in [1.807, 2.05) is 17.0 Å². The van der Waals surface area contributed by atoms with E-state index in [0.717, 1.165) is 12.8 Å². The van der Waals surface area contributed by atoms with Crippen molar-refractivity contribution >= 4 is 5.91 Å². The molecule has 0 N–H and O–H groups in total. The number of pyridine rings is 1. The van der Waals surface area contributed by atoms with Gasteiger partial charge in [0, 0.05) is 12.8 Å². The molecule has 7 nitrogen and oxygen atoms in total. The van der Waals surface area contributed by atoms with Crippen LogP contribution in [0.25, 0.3) is 0 Å². The Hall–Kier alpha value is -2.54. The van der Waals surface area contributed by atoms with Crippen LogP contribution in [0.4, 0.5) is 0 Å². The van der Waals surface area contributed by atoms with Crippen LogP contribution >= 0.6 is 0 Å². The molecule has 4 rings (SSSR count). The molecule has 124 valence electrons. The van der Waals surface area contributed by atoms with E-state index in [1.165, 1.54) is 12.4 Å². The highest BCUT2D eigenvalue weighted by atomic mass is 16.5. The van der Waals surface area contributed by atoms with Crippen LogP contribution in [0.15, 0.2) is 43.0 Å². The van der Waals surface area contributed by atoms with Gasteiger partial charge in [-0.3, -0.25) is 9.78 Å². The fourth-order valence-electron chi connectivity index (χ4n) is 3.42. The molecule has 0 aliphatic carbocycles. The van der Waals surface area contributed by atoms with Gasteiger partial charge >= 0.3 is 0 Å². The van der Waals surface area contributed by atoms with E-state index in [1.54, 1.807) is 18.5 Å². The first-order chi connectivity index (χ1) is 11.8. The number of ether oxygens (including phenoxy) is 2. The van der Waals surface area contributed by atoms with Crippen molar-refractivity contribution in [3.8, 4) is 5.75 Å². The molecule has 2 aromatic heterocycles. The molecule has 0 unspecified atom stereocenters. The third-order valence-electron chi connectivity index (χ3n) is 4.49. The summed E-state index contributed by atoms with van der Waals surface area (Å²) in [6, 6.07) is 5.40. The monoisotopic (exact) mass is 326 g/mol. The standard InChI is InChI=1S/C17H18N4O3/c22-17(12-5-7-19-20-9-12)21-11-15(16-14(21)4-2-8-23-16)24-13-3-1-6-18-10-13/h1,3,5-7,9-10,14-16H,2,4,8,11H2/t14-,15+,16+/m1/s1. The van der Waals surface area contributed by atoms with E-state index < -0.39 is 0 Å². The van der Waals surface area contributed by atoms with Crippen LogP contribution in [0.5, 0.6) is 5.75 Å². The summed E-state index contributed by atoms with van der Waals surface area (Å²) < 4.78 is 12.0. The van der Waals surface area contributed by atoms with E-state index in [-0.39, 0.29) is 24.2 Å². The van der Waals surface area contributed by atoms with Crippen molar-refractivity contribution in [1.29, 1.82) is 0 Å². The Morgan fingerprint density at radius 1 is 1.25 bits per heavy atom. The molecule has 0 saturated carbocycles. The van der Waals surface area contributed by atoms with Gasteiger partial charge in [-0.25, -0.2) is 0 Å². The van der Waals surface area contributed by atoms with Crippen LogP contribution in [0.1, 0.15) is 23.2 Å². The molecule has 2 saturated heterocycles. The molecule has 0 bridgehead atoms. The number of nitrogens with zero attached hydrogens (tertiary/aromatic N) is 4. The van der Waals surface area contributed by atoms with Crippen LogP contribution in [-0.4, -0.2) is 57.4 Å². The molecule has 0 spiro atoms. The average Bonchev–Trinajstić information content (AvgIpc) is 3.01. The minimum absolute atomic E-state index is 0.0288. The van der Waals surface area contributed by atoms with E-state index in [0.29, 0.717) is 24.5 Å². The van der Waals surface area contributed by atoms with E-state index >= 15 is 0 Å². The molecule has 7 heteroatoms. The molecule has 0 radical (unpaired) electrons. The maximum absolute atomic E-state index is 12.8. The zero-order chi connectivity index (χ0) is 16.4. The van der Waals surface area contributed by atoms with Gasteiger partial charge in [0.2, 0.25) is 0 Å². The molecule has 2 aromatic rings. The van der Waals surface area contributed by atoms with Gasteiger partial charge in [-0.15, -0.1) is 0 Å². The first-order valence-electron chi connectivity index (χ1n) is 8.09. The van der Waals surface area contributed by atoms with Crippen molar-refractivity contribution in [2.24, 2.45) is 0 Å². The molecule has 4 heterocycles. The number of carbonyl (C=O) groups excluding carboxylic acids is 1.